The highest BCUT2D eigenvalue weighted by Crippen LogP contribution is 2.31. The van der Waals surface area contributed by atoms with Gasteiger partial charge < -0.3 is 10.1 Å². The number of hydrogen-bond donors (Lipinski definition) is 1. The molecule has 9 nitrogen and oxygen atoms in total. The minimum absolute atomic E-state index is 0.0847. The van der Waals surface area contributed by atoms with Crippen molar-refractivity contribution in [1.29, 1.82) is 0 Å². The first-order valence-electron chi connectivity index (χ1n) is 13.9. The Hall–Kier alpha value is -3.99. The van der Waals surface area contributed by atoms with Crippen LogP contribution >= 0.6 is 11.8 Å². The van der Waals surface area contributed by atoms with Crippen LogP contribution in [0.3, 0.4) is 0 Å². The van der Waals surface area contributed by atoms with Crippen LogP contribution in [0.15, 0.2) is 70.5 Å². The van der Waals surface area contributed by atoms with Crippen molar-refractivity contribution in [3.63, 3.8) is 0 Å². The Bertz CT molecular complexity index is 1680. The lowest BCUT2D eigenvalue weighted by atomic mass is 9.90. The Balaban J connectivity index is 1.21. The smallest absolute Gasteiger partial charge is 0.333 e. The van der Waals surface area contributed by atoms with Crippen LogP contribution in [0.2, 0.25) is 0 Å². The standard InChI is InChI=1S/C30H30FN5O4S/c31-19-17-25-26(33-18-19)35(22-12-15-41-16-13-22)30(39)36(29(25)38)21-10-8-20(9-11-21)34-27(37)24-7-4-14-32-28(24)40-23-5-2-1-3-6-23/h1-7,14,17-18,20-22H,8-13,15-16H2,(H,34,37). The number of amides is 1. The van der Waals surface area contributed by atoms with E-state index in [1.54, 1.807) is 35.0 Å². The van der Waals surface area contributed by atoms with Crippen LogP contribution in [0.4, 0.5) is 4.39 Å². The van der Waals surface area contributed by atoms with Gasteiger partial charge in [-0.3, -0.25) is 18.7 Å². The number of para-hydroxylation sites is 1. The van der Waals surface area contributed by atoms with Crippen molar-refractivity contribution in [2.24, 2.45) is 0 Å². The lowest BCUT2D eigenvalue weighted by molar-refractivity contribution is 0.0919. The van der Waals surface area contributed by atoms with Crippen LogP contribution in [0, 0.1) is 5.82 Å². The molecule has 41 heavy (non-hydrogen) atoms. The second-order valence-electron chi connectivity index (χ2n) is 10.4. The van der Waals surface area contributed by atoms with E-state index in [-0.39, 0.29) is 46.6 Å². The molecule has 3 aromatic heterocycles. The summed E-state index contributed by atoms with van der Waals surface area (Å²) in [6.07, 6.45) is 6.42. The number of rotatable bonds is 6. The predicted octanol–water partition coefficient (Wildman–Crippen LogP) is 4.87. The van der Waals surface area contributed by atoms with Crippen LogP contribution in [0.25, 0.3) is 11.0 Å². The molecular weight excluding hydrogens is 545 g/mol. The van der Waals surface area contributed by atoms with E-state index in [0.717, 1.165) is 30.5 Å². The average Bonchev–Trinajstić information content (AvgIpc) is 3.00. The number of thioether (sulfide) groups is 1. The van der Waals surface area contributed by atoms with E-state index in [0.29, 0.717) is 37.0 Å². The first kappa shape index (κ1) is 27.2. The molecule has 1 saturated heterocycles. The first-order valence-corrected chi connectivity index (χ1v) is 15.0. The summed E-state index contributed by atoms with van der Waals surface area (Å²) in [5, 5.41) is 3.20. The van der Waals surface area contributed by atoms with E-state index in [1.165, 1.54) is 10.6 Å². The third kappa shape index (κ3) is 5.63. The summed E-state index contributed by atoms with van der Waals surface area (Å²) in [5.74, 6) is 1.72. The quantitative estimate of drug-likeness (QED) is 0.350. The molecule has 1 aliphatic carbocycles. The Morgan fingerprint density at radius 1 is 0.927 bits per heavy atom. The van der Waals surface area contributed by atoms with Crippen molar-refractivity contribution >= 4 is 28.7 Å². The normalized spacial score (nSPS) is 19.6. The third-order valence-electron chi connectivity index (χ3n) is 7.85. The maximum atomic E-state index is 14.2. The maximum absolute atomic E-state index is 14.2. The number of aromatic nitrogens is 4. The number of nitrogens with zero attached hydrogens (tertiary/aromatic N) is 4. The van der Waals surface area contributed by atoms with Crippen molar-refractivity contribution in [3.05, 3.63) is 93.1 Å². The number of nitrogens with one attached hydrogen (secondary N) is 1. The third-order valence-corrected chi connectivity index (χ3v) is 8.90. The van der Waals surface area contributed by atoms with Crippen LogP contribution < -0.4 is 21.3 Å². The highest BCUT2D eigenvalue weighted by Gasteiger charge is 2.30. The zero-order chi connectivity index (χ0) is 28.3. The fourth-order valence-corrected chi connectivity index (χ4v) is 6.87. The number of carbonyl (C=O) groups excluding carboxylic acids is 1. The largest absolute Gasteiger partial charge is 0.438 e. The maximum Gasteiger partial charge on any atom is 0.333 e. The molecule has 0 atom stereocenters. The van der Waals surface area contributed by atoms with Gasteiger partial charge in [-0.2, -0.15) is 11.8 Å². The van der Waals surface area contributed by atoms with E-state index in [2.05, 4.69) is 15.3 Å². The fraction of sp³-hybridized carbons (Fsp3) is 0.367. The molecule has 6 rings (SSSR count). The molecule has 0 spiro atoms. The van der Waals surface area contributed by atoms with E-state index in [9.17, 15) is 18.8 Å². The van der Waals surface area contributed by atoms with Gasteiger partial charge in [-0.1, -0.05) is 18.2 Å². The van der Waals surface area contributed by atoms with Gasteiger partial charge in [0.2, 0.25) is 5.88 Å². The first-order chi connectivity index (χ1) is 20.0. The minimum atomic E-state index is -0.608. The van der Waals surface area contributed by atoms with Gasteiger partial charge in [-0.25, -0.2) is 19.2 Å². The summed E-state index contributed by atoms with van der Waals surface area (Å²) in [5.41, 5.74) is -0.319. The molecule has 2 aliphatic rings. The number of halogens is 1. The Morgan fingerprint density at radius 2 is 1.66 bits per heavy atom. The molecule has 0 radical (unpaired) electrons. The Morgan fingerprint density at radius 3 is 2.41 bits per heavy atom. The monoisotopic (exact) mass is 575 g/mol. The average molecular weight is 576 g/mol. The minimum Gasteiger partial charge on any atom is -0.438 e. The van der Waals surface area contributed by atoms with Gasteiger partial charge in [0.25, 0.3) is 11.5 Å². The summed E-state index contributed by atoms with van der Waals surface area (Å²) < 4.78 is 22.9. The molecule has 2 fully saturated rings. The molecule has 4 heterocycles. The van der Waals surface area contributed by atoms with Crippen LogP contribution in [0.1, 0.15) is 61.0 Å². The van der Waals surface area contributed by atoms with Gasteiger partial charge in [0, 0.05) is 24.3 Å². The molecular formula is C30H30FN5O4S. The molecule has 1 aromatic carbocycles. The molecule has 1 amide bonds. The molecule has 0 bridgehead atoms. The van der Waals surface area contributed by atoms with Gasteiger partial charge in [-0.15, -0.1) is 0 Å². The second-order valence-corrected chi connectivity index (χ2v) is 11.7. The van der Waals surface area contributed by atoms with Gasteiger partial charge >= 0.3 is 5.69 Å². The lowest BCUT2D eigenvalue weighted by Gasteiger charge is -2.31. The van der Waals surface area contributed by atoms with Crippen molar-refractivity contribution < 1.29 is 13.9 Å². The Kier molecular flexibility index (Phi) is 7.86. The molecule has 1 saturated carbocycles. The van der Waals surface area contributed by atoms with Crippen LogP contribution in [0.5, 0.6) is 11.6 Å². The summed E-state index contributed by atoms with van der Waals surface area (Å²) >= 11 is 1.84. The van der Waals surface area contributed by atoms with Crippen molar-refractivity contribution in [3.8, 4) is 11.6 Å². The van der Waals surface area contributed by atoms with Gasteiger partial charge in [0.05, 0.1) is 11.6 Å². The van der Waals surface area contributed by atoms with Crippen molar-refractivity contribution in [2.75, 3.05) is 11.5 Å². The topological polar surface area (TPSA) is 108 Å². The van der Waals surface area contributed by atoms with Crippen LogP contribution in [-0.4, -0.2) is 42.6 Å². The van der Waals surface area contributed by atoms with Crippen LogP contribution in [-0.2, 0) is 0 Å². The zero-order valence-corrected chi connectivity index (χ0v) is 23.2. The zero-order valence-electron chi connectivity index (χ0n) is 22.4. The van der Waals surface area contributed by atoms with Crippen molar-refractivity contribution in [1.82, 2.24) is 24.4 Å². The fourth-order valence-electron chi connectivity index (χ4n) is 5.79. The number of carbonyl (C=O) groups is 1. The second kappa shape index (κ2) is 11.9. The summed E-state index contributed by atoms with van der Waals surface area (Å²) in [4.78, 5) is 48.9. The lowest BCUT2D eigenvalue weighted by Crippen LogP contribution is -2.46. The molecule has 1 aliphatic heterocycles. The van der Waals surface area contributed by atoms with E-state index >= 15 is 0 Å². The van der Waals surface area contributed by atoms with Gasteiger partial charge in [0.15, 0.2) is 0 Å². The molecule has 1 N–H and O–H groups in total. The summed E-state index contributed by atoms with van der Waals surface area (Å²) in [6, 6.07) is 13.1. The van der Waals surface area contributed by atoms with Gasteiger partial charge in [0.1, 0.15) is 22.8 Å². The summed E-state index contributed by atoms with van der Waals surface area (Å²) in [7, 11) is 0. The number of ether oxygens (including phenoxy) is 1. The molecule has 11 heteroatoms. The number of pyridine rings is 2. The number of fused-ring (bicyclic) bond motifs is 1. The SMILES string of the molecule is O=C(NC1CCC(n2c(=O)c3cc(F)cnc3n(C3CCSCC3)c2=O)CC1)c1cccnc1Oc1ccccc1. The molecule has 212 valence electrons. The van der Waals surface area contributed by atoms with Crippen molar-refractivity contribution in [2.45, 2.75) is 56.7 Å². The number of benzene rings is 1. The summed E-state index contributed by atoms with van der Waals surface area (Å²) in [6.45, 7) is 0. The molecule has 4 aromatic rings. The Labute approximate surface area is 239 Å². The molecule has 0 unspecified atom stereocenters. The van der Waals surface area contributed by atoms with E-state index < -0.39 is 11.4 Å². The van der Waals surface area contributed by atoms with E-state index in [4.69, 9.17) is 4.74 Å². The van der Waals surface area contributed by atoms with Gasteiger partial charge in [-0.05, 0) is 80.4 Å². The predicted molar refractivity (Wildman–Crippen MR) is 155 cm³/mol. The highest BCUT2D eigenvalue weighted by molar-refractivity contribution is 7.99. The highest BCUT2D eigenvalue weighted by atomic mass is 32.2. The number of hydrogen-bond acceptors (Lipinski definition) is 7. The van der Waals surface area contributed by atoms with E-state index in [1.807, 2.05) is 30.0 Å².